The number of carbonyl (C=O) groups is 1. The molecule has 2 rings (SSSR count). The van der Waals surface area contributed by atoms with E-state index in [2.05, 4.69) is 6.92 Å². The number of hydrogen-bond donors (Lipinski definition) is 1. The van der Waals surface area contributed by atoms with E-state index in [4.69, 9.17) is 16.3 Å². The van der Waals surface area contributed by atoms with Gasteiger partial charge in [0.15, 0.2) is 0 Å². The summed E-state index contributed by atoms with van der Waals surface area (Å²) in [6, 6.07) is 14.3. The lowest BCUT2D eigenvalue weighted by Crippen LogP contribution is -2.36. The van der Waals surface area contributed by atoms with Gasteiger partial charge in [-0.05, 0) is 48.4 Å². The first kappa shape index (κ1) is 20.3. The second-order valence-corrected chi connectivity index (χ2v) is 6.78. The van der Waals surface area contributed by atoms with Crippen LogP contribution in [0.2, 0.25) is 5.02 Å². The minimum Gasteiger partial charge on any atom is -0.497 e. The minimum atomic E-state index is -0.869. The zero-order valence-corrected chi connectivity index (χ0v) is 16.2. The standard InChI is InChI=1S/C21H26ClNO3/c1-4-5-6-19(20(24)15-7-9-16(22)10-8-15)21(25)23(2)17-11-13-18(26-3)14-12-17/h7-14,19-20,24H,4-6H2,1-3H3/t19-,20-/m1/s1. The minimum absolute atomic E-state index is 0.105. The largest absolute Gasteiger partial charge is 0.497 e. The number of methoxy groups -OCH3 is 1. The summed E-state index contributed by atoms with van der Waals surface area (Å²) in [4.78, 5) is 14.7. The summed E-state index contributed by atoms with van der Waals surface area (Å²) in [7, 11) is 3.34. The number of unbranched alkanes of at least 4 members (excludes halogenated alkanes) is 1. The third-order valence-electron chi connectivity index (χ3n) is 4.57. The Morgan fingerprint density at radius 3 is 2.31 bits per heavy atom. The number of anilines is 1. The third kappa shape index (κ3) is 4.99. The Morgan fingerprint density at radius 1 is 1.15 bits per heavy atom. The van der Waals surface area contributed by atoms with Crippen LogP contribution in [0.3, 0.4) is 0 Å². The van der Waals surface area contributed by atoms with E-state index in [-0.39, 0.29) is 5.91 Å². The number of benzene rings is 2. The first-order chi connectivity index (χ1) is 12.5. The Balaban J connectivity index is 2.22. The summed E-state index contributed by atoms with van der Waals surface area (Å²) in [6.07, 6.45) is 1.59. The maximum absolute atomic E-state index is 13.1. The highest BCUT2D eigenvalue weighted by molar-refractivity contribution is 6.30. The average molecular weight is 376 g/mol. The van der Waals surface area contributed by atoms with Crippen molar-refractivity contribution in [3.05, 3.63) is 59.1 Å². The van der Waals surface area contributed by atoms with Crippen molar-refractivity contribution in [1.29, 1.82) is 0 Å². The monoisotopic (exact) mass is 375 g/mol. The van der Waals surface area contributed by atoms with Gasteiger partial charge in [-0.2, -0.15) is 0 Å². The highest BCUT2D eigenvalue weighted by atomic mass is 35.5. The van der Waals surface area contributed by atoms with Crippen LogP contribution in [0.1, 0.15) is 37.9 Å². The molecule has 26 heavy (non-hydrogen) atoms. The molecule has 0 aliphatic heterocycles. The number of hydrogen-bond acceptors (Lipinski definition) is 3. The fraction of sp³-hybridized carbons (Fsp3) is 0.381. The van der Waals surface area contributed by atoms with Crippen LogP contribution in [-0.2, 0) is 4.79 Å². The summed E-state index contributed by atoms with van der Waals surface area (Å²) < 4.78 is 5.16. The fourth-order valence-corrected chi connectivity index (χ4v) is 3.04. The smallest absolute Gasteiger partial charge is 0.232 e. The third-order valence-corrected chi connectivity index (χ3v) is 4.82. The molecule has 5 heteroatoms. The van der Waals surface area contributed by atoms with Crippen molar-refractivity contribution in [2.75, 3.05) is 19.1 Å². The Hall–Kier alpha value is -2.04. The van der Waals surface area contributed by atoms with Gasteiger partial charge in [0.05, 0.1) is 19.1 Å². The Bertz CT molecular complexity index is 700. The summed E-state index contributed by atoms with van der Waals surface area (Å²) >= 11 is 5.93. The summed E-state index contributed by atoms with van der Waals surface area (Å²) in [5.41, 5.74) is 1.47. The van der Waals surface area contributed by atoms with E-state index in [0.29, 0.717) is 17.0 Å². The average Bonchev–Trinajstić information content (AvgIpc) is 2.68. The molecule has 1 N–H and O–H groups in total. The molecular formula is C21H26ClNO3. The number of amides is 1. The molecule has 2 aromatic carbocycles. The molecular weight excluding hydrogens is 350 g/mol. The van der Waals surface area contributed by atoms with Gasteiger partial charge >= 0.3 is 0 Å². The number of carbonyl (C=O) groups excluding carboxylic acids is 1. The maximum Gasteiger partial charge on any atom is 0.232 e. The molecule has 0 bridgehead atoms. The van der Waals surface area contributed by atoms with Gasteiger partial charge in [0.1, 0.15) is 5.75 Å². The second-order valence-electron chi connectivity index (χ2n) is 6.34. The maximum atomic E-state index is 13.1. The van der Waals surface area contributed by atoms with Crippen LogP contribution in [0.25, 0.3) is 0 Å². The van der Waals surface area contributed by atoms with E-state index in [1.807, 2.05) is 24.3 Å². The lowest BCUT2D eigenvalue weighted by Gasteiger charge is -2.28. The molecule has 0 radical (unpaired) electrons. The molecule has 2 atom stereocenters. The van der Waals surface area contributed by atoms with Gasteiger partial charge in [-0.25, -0.2) is 0 Å². The highest BCUT2D eigenvalue weighted by Crippen LogP contribution is 2.30. The number of halogens is 1. The number of aliphatic hydroxyl groups excluding tert-OH is 1. The molecule has 0 saturated heterocycles. The zero-order chi connectivity index (χ0) is 19.1. The number of ether oxygens (including phenoxy) is 1. The molecule has 0 aliphatic rings. The van der Waals surface area contributed by atoms with E-state index in [9.17, 15) is 9.90 Å². The number of rotatable bonds is 8. The van der Waals surface area contributed by atoms with Crippen molar-refractivity contribution in [3.63, 3.8) is 0 Å². The van der Waals surface area contributed by atoms with E-state index in [1.165, 1.54) is 0 Å². The highest BCUT2D eigenvalue weighted by Gasteiger charge is 2.30. The van der Waals surface area contributed by atoms with Gasteiger partial charge in [0.25, 0.3) is 0 Å². The molecule has 0 aliphatic carbocycles. The Labute approximate surface area is 160 Å². The molecule has 2 aromatic rings. The van der Waals surface area contributed by atoms with Crippen LogP contribution in [0.5, 0.6) is 5.75 Å². The second kappa shape index (κ2) is 9.60. The number of aliphatic hydroxyl groups is 1. The summed E-state index contributed by atoms with van der Waals surface area (Å²) in [5.74, 6) is 0.118. The van der Waals surface area contributed by atoms with Crippen molar-refractivity contribution in [2.24, 2.45) is 5.92 Å². The van der Waals surface area contributed by atoms with Crippen molar-refractivity contribution in [1.82, 2.24) is 0 Å². The van der Waals surface area contributed by atoms with E-state index in [1.54, 1.807) is 43.3 Å². The van der Waals surface area contributed by atoms with Crippen LogP contribution in [0.4, 0.5) is 5.69 Å². The molecule has 1 amide bonds. The van der Waals surface area contributed by atoms with E-state index >= 15 is 0 Å². The lowest BCUT2D eigenvalue weighted by atomic mass is 9.89. The van der Waals surface area contributed by atoms with Gasteiger partial charge in [-0.3, -0.25) is 4.79 Å². The first-order valence-electron chi connectivity index (χ1n) is 8.83. The van der Waals surface area contributed by atoms with Crippen LogP contribution >= 0.6 is 11.6 Å². The molecule has 0 unspecified atom stereocenters. The van der Waals surface area contributed by atoms with Crippen molar-refractivity contribution >= 4 is 23.2 Å². The van der Waals surface area contributed by atoms with Crippen molar-refractivity contribution < 1.29 is 14.6 Å². The molecule has 0 aromatic heterocycles. The van der Waals surface area contributed by atoms with Crippen LogP contribution in [-0.4, -0.2) is 25.2 Å². The topological polar surface area (TPSA) is 49.8 Å². The normalized spacial score (nSPS) is 13.1. The zero-order valence-electron chi connectivity index (χ0n) is 15.5. The Kier molecular flexibility index (Phi) is 7.49. The van der Waals surface area contributed by atoms with Crippen LogP contribution < -0.4 is 9.64 Å². The van der Waals surface area contributed by atoms with Gasteiger partial charge < -0.3 is 14.7 Å². The summed E-state index contributed by atoms with van der Waals surface area (Å²) in [5, 5.41) is 11.4. The molecule has 4 nitrogen and oxygen atoms in total. The van der Waals surface area contributed by atoms with Gasteiger partial charge in [-0.15, -0.1) is 0 Å². The lowest BCUT2D eigenvalue weighted by molar-refractivity contribution is -0.126. The van der Waals surface area contributed by atoms with Crippen LogP contribution in [0.15, 0.2) is 48.5 Å². The quantitative estimate of drug-likeness (QED) is 0.717. The van der Waals surface area contributed by atoms with E-state index in [0.717, 1.165) is 24.3 Å². The van der Waals surface area contributed by atoms with Gasteiger partial charge in [-0.1, -0.05) is 43.5 Å². The van der Waals surface area contributed by atoms with E-state index < -0.39 is 12.0 Å². The Morgan fingerprint density at radius 2 is 1.77 bits per heavy atom. The first-order valence-corrected chi connectivity index (χ1v) is 9.20. The molecule has 0 heterocycles. The molecule has 140 valence electrons. The predicted molar refractivity (Wildman–Crippen MR) is 106 cm³/mol. The van der Waals surface area contributed by atoms with Gasteiger partial charge in [0.2, 0.25) is 5.91 Å². The van der Waals surface area contributed by atoms with Crippen molar-refractivity contribution in [3.8, 4) is 5.75 Å². The fourth-order valence-electron chi connectivity index (χ4n) is 2.91. The SMILES string of the molecule is CCCC[C@@H](C(=O)N(C)c1ccc(OC)cc1)[C@H](O)c1ccc(Cl)cc1. The van der Waals surface area contributed by atoms with Crippen LogP contribution in [0, 0.1) is 5.92 Å². The van der Waals surface area contributed by atoms with Gasteiger partial charge in [0, 0.05) is 17.8 Å². The molecule has 0 fully saturated rings. The summed E-state index contributed by atoms with van der Waals surface area (Å²) in [6.45, 7) is 2.07. The molecule has 0 saturated carbocycles. The predicted octanol–water partition coefficient (Wildman–Crippen LogP) is 4.85. The number of nitrogens with zero attached hydrogens (tertiary/aromatic N) is 1. The van der Waals surface area contributed by atoms with Crippen molar-refractivity contribution in [2.45, 2.75) is 32.3 Å². The molecule has 0 spiro atoms.